The molecule has 0 unspecified atom stereocenters. The van der Waals surface area contributed by atoms with E-state index in [4.69, 9.17) is 20.1 Å². The van der Waals surface area contributed by atoms with Crippen LogP contribution >= 0.6 is 0 Å². The van der Waals surface area contributed by atoms with Crippen LogP contribution in [0, 0.1) is 0 Å². The Morgan fingerprint density at radius 2 is 1.08 bits per heavy atom. The molecule has 0 aromatic heterocycles. The van der Waals surface area contributed by atoms with Gasteiger partial charge in [0.2, 0.25) is 0 Å². The molecule has 0 aliphatic carbocycles. The summed E-state index contributed by atoms with van der Waals surface area (Å²) in [5.41, 5.74) is 4.03. The van der Waals surface area contributed by atoms with Gasteiger partial charge >= 0.3 is 18.0 Å². The minimum Gasteiger partial charge on any atom is -0.478 e. The molecule has 0 aromatic carbocycles. The van der Waals surface area contributed by atoms with Crippen LogP contribution in [0.5, 0.6) is 0 Å². The van der Waals surface area contributed by atoms with Crippen molar-refractivity contribution in [1.29, 1.82) is 0 Å². The highest BCUT2D eigenvalue weighted by Gasteiger charge is 1.88. The van der Waals surface area contributed by atoms with Crippen molar-refractivity contribution in [2.45, 2.75) is 0 Å². The predicted molar refractivity (Wildman–Crippen MR) is 36.6 cm³/mol. The monoisotopic (exact) mass is 177 g/mol. The number of rotatable bonds is 2. The van der Waals surface area contributed by atoms with E-state index < -0.39 is 18.0 Å². The van der Waals surface area contributed by atoms with E-state index in [2.05, 4.69) is 5.73 Å². The summed E-state index contributed by atoms with van der Waals surface area (Å²) in [4.78, 5) is 27.9. The molecule has 0 atom stereocenters. The highest BCUT2D eigenvalue weighted by molar-refractivity contribution is 5.89. The van der Waals surface area contributed by atoms with Crippen molar-refractivity contribution in [3.8, 4) is 0 Å². The molecular formula is C5H7NO6. The zero-order valence-corrected chi connectivity index (χ0v) is 5.80. The third-order valence-electron chi connectivity index (χ3n) is 0.368. The van der Waals surface area contributed by atoms with Crippen LogP contribution < -0.4 is 5.73 Å². The van der Waals surface area contributed by atoms with Crippen molar-refractivity contribution in [2.75, 3.05) is 0 Å². The third-order valence-corrected chi connectivity index (χ3v) is 0.368. The van der Waals surface area contributed by atoms with Crippen LogP contribution in [0.2, 0.25) is 0 Å². The van der Waals surface area contributed by atoms with Gasteiger partial charge in [-0.2, -0.15) is 0 Å². The number of primary amides is 1. The van der Waals surface area contributed by atoms with E-state index in [0.717, 1.165) is 0 Å². The number of carbonyl (C=O) groups is 3. The maximum absolute atomic E-state index is 9.55. The topological polar surface area (TPSA) is 138 Å². The number of hydrogen-bond donors (Lipinski definition) is 4. The molecular weight excluding hydrogens is 170 g/mol. The van der Waals surface area contributed by atoms with Gasteiger partial charge in [0.25, 0.3) is 0 Å². The molecule has 0 rings (SSSR count). The lowest BCUT2D eigenvalue weighted by atomic mass is 10.5. The van der Waals surface area contributed by atoms with Crippen LogP contribution in [0.1, 0.15) is 0 Å². The molecule has 0 aliphatic heterocycles. The maximum Gasteiger partial charge on any atom is 0.402 e. The van der Waals surface area contributed by atoms with Crippen LogP contribution in [0.15, 0.2) is 12.2 Å². The normalized spacial score (nSPS) is 8.33. The fourth-order valence-electron chi connectivity index (χ4n) is 0.143. The van der Waals surface area contributed by atoms with Crippen LogP contribution in [0.25, 0.3) is 0 Å². The summed E-state index contributed by atoms with van der Waals surface area (Å²) < 4.78 is 0. The minimum absolute atomic E-state index is 0.558. The van der Waals surface area contributed by atoms with Crippen LogP contribution in [-0.2, 0) is 9.59 Å². The molecule has 7 heteroatoms. The average Bonchev–Trinajstić information content (AvgIpc) is 1.82. The lowest BCUT2D eigenvalue weighted by Gasteiger charge is -1.74. The van der Waals surface area contributed by atoms with Crippen LogP contribution in [-0.4, -0.2) is 33.4 Å². The van der Waals surface area contributed by atoms with E-state index in [1.165, 1.54) is 0 Å². The Hall–Kier alpha value is -2.05. The van der Waals surface area contributed by atoms with E-state index >= 15 is 0 Å². The predicted octanol–water partition coefficient (Wildman–Crippen LogP) is -0.665. The number of hydrogen-bond acceptors (Lipinski definition) is 3. The zero-order chi connectivity index (χ0) is 10.1. The summed E-state index contributed by atoms with van der Waals surface area (Å²) in [5, 5.41) is 22.8. The molecule has 5 N–H and O–H groups in total. The second-order valence-electron chi connectivity index (χ2n) is 1.35. The molecule has 7 nitrogen and oxygen atoms in total. The quantitative estimate of drug-likeness (QED) is 0.413. The first-order valence-electron chi connectivity index (χ1n) is 2.48. The van der Waals surface area contributed by atoms with Gasteiger partial charge in [-0.25, -0.2) is 14.4 Å². The van der Waals surface area contributed by atoms with E-state index in [1.54, 1.807) is 0 Å². The van der Waals surface area contributed by atoms with Crippen molar-refractivity contribution in [3.63, 3.8) is 0 Å². The Morgan fingerprint density at radius 3 is 1.17 bits per heavy atom. The Balaban J connectivity index is 0. The van der Waals surface area contributed by atoms with Crippen molar-refractivity contribution in [3.05, 3.63) is 12.2 Å². The molecule has 0 spiro atoms. The average molecular weight is 177 g/mol. The van der Waals surface area contributed by atoms with Gasteiger partial charge in [0.1, 0.15) is 0 Å². The fourth-order valence-corrected chi connectivity index (χ4v) is 0.143. The molecule has 68 valence electrons. The maximum atomic E-state index is 9.55. The Morgan fingerprint density at radius 1 is 0.917 bits per heavy atom. The number of nitrogens with two attached hydrogens (primary N) is 1. The Bertz CT molecular complexity index is 188. The summed E-state index contributed by atoms with van der Waals surface area (Å²) in [6, 6.07) is 0. The molecule has 0 heterocycles. The van der Waals surface area contributed by atoms with Crippen molar-refractivity contribution in [1.82, 2.24) is 0 Å². The first-order chi connectivity index (χ1) is 5.36. The summed E-state index contributed by atoms with van der Waals surface area (Å²) in [5.74, 6) is -2.51. The van der Waals surface area contributed by atoms with Gasteiger partial charge in [0, 0.05) is 12.2 Å². The highest BCUT2D eigenvalue weighted by atomic mass is 16.4. The number of carboxylic acid groups (broad SMARTS) is 3. The molecule has 1 amide bonds. The van der Waals surface area contributed by atoms with Crippen molar-refractivity contribution >= 4 is 18.0 Å². The highest BCUT2D eigenvalue weighted by Crippen LogP contribution is 1.70. The van der Waals surface area contributed by atoms with E-state index in [9.17, 15) is 9.59 Å². The Labute approximate surface area is 66.7 Å². The summed E-state index contributed by atoms with van der Waals surface area (Å²) in [6.07, 6.45) is -0.218. The second-order valence-corrected chi connectivity index (χ2v) is 1.35. The SMILES string of the molecule is NC(=O)O.O=C(O)/C=C\C(=O)O. The van der Waals surface area contributed by atoms with Crippen LogP contribution in [0.3, 0.4) is 0 Å². The van der Waals surface area contributed by atoms with E-state index in [0.29, 0.717) is 12.2 Å². The molecule has 0 bridgehead atoms. The number of amides is 1. The van der Waals surface area contributed by atoms with Gasteiger partial charge in [-0.1, -0.05) is 0 Å². The molecule has 12 heavy (non-hydrogen) atoms. The van der Waals surface area contributed by atoms with Gasteiger partial charge in [0.05, 0.1) is 0 Å². The third kappa shape index (κ3) is 44.1. The summed E-state index contributed by atoms with van der Waals surface area (Å²) in [7, 11) is 0. The molecule has 0 fully saturated rings. The molecule has 0 aromatic rings. The van der Waals surface area contributed by atoms with Crippen LogP contribution in [0.4, 0.5) is 4.79 Å². The Kier molecular flexibility index (Phi) is 7.42. The largest absolute Gasteiger partial charge is 0.478 e. The van der Waals surface area contributed by atoms with Gasteiger partial charge in [0.15, 0.2) is 0 Å². The standard InChI is InChI=1S/C4H4O4.CH3NO2/c5-3(6)1-2-4(7)8;2-1(3)4/h1-2H,(H,5,6)(H,7,8);2H2,(H,3,4)/b2-1-;. The lowest BCUT2D eigenvalue weighted by molar-refractivity contribution is -0.134. The second kappa shape index (κ2) is 7.06. The lowest BCUT2D eigenvalue weighted by Crippen LogP contribution is -2.03. The van der Waals surface area contributed by atoms with Gasteiger partial charge in [-0.3, -0.25) is 0 Å². The van der Waals surface area contributed by atoms with Gasteiger partial charge in [-0.05, 0) is 0 Å². The first kappa shape index (κ1) is 12.6. The van der Waals surface area contributed by atoms with Gasteiger partial charge in [-0.15, -0.1) is 0 Å². The van der Waals surface area contributed by atoms with Gasteiger partial charge < -0.3 is 21.1 Å². The molecule has 0 saturated carbocycles. The summed E-state index contributed by atoms with van der Waals surface area (Å²) in [6.45, 7) is 0. The van der Waals surface area contributed by atoms with E-state index in [1.807, 2.05) is 0 Å². The molecule has 0 radical (unpaired) electrons. The summed E-state index contributed by atoms with van der Waals surface area (Å²) >= 11 is 0. The number of aliphatic carboxylic acids is 2. The molecule has 0 saturated heterocycles. The zero-order valence-electron chi connectivity index (χ0n) is 5.80. The number of carboxylic acids is 2. The van der Waals surface area contributed by atoms with Crippen molar-refractivity contribution in [2.24, 2.45) is 5.73 Å². The fraction of sp³-hybridized carbons (Fsp3) is 0. The van der Waals surface area contributed by atoms with E-state index in [-0.39, 0.29) is 0 Å². The smallest absolute Gasteiger partial charge is 0.402 e. The first-order valence-corrected chi connectivity index (χ1v) is 2.48. The molecule has 0 aliphatic rings. The minimum atomic E-state index is -1.33. The van der Waals surface area contributed by atoms with Crippen molar-refractivity contribution < 1.29 is 29.7 Å².